The molecule has 0 radical (unpaired) electrons. The van der Waals surface area contributed by atoms with Crippen LogP contribution in [0.15, 0.2) is 18.5 Å². The molecule has 1 saturated heterocycles. The van der Waals surface area contributed by atoms with Gasteiger partial charge in [0.05, 0.1) is 25.4 Å². The van der Waals surface area contributed by atoms with Crippen LogP contribution in [0.3, 0.4) is 0 Å². The minimum absolute atomic E-state index is 0.463. The van der Waals surface area contributed by atoms with Gasteiger partial charge in [-0.3, -0.25) is 0 Å². The van der Waals surface area contributed by atoms with Crippen molar-refractivity contribution in [3.8, 4) is 11.5 Å². The van der Waals surface area contributed by atoms with E-state index in [9.17, 15) is 0 Å². The first kappa shape index (κ1) is 14.1. The van der Waals surface area contributed by atoms with Gasteiger partial charge in [-0.2, -0.15) is 0 Å². The molecule has 2 atom stereocenters. The molecule has 112 valence electrons. The van der Waals surface area contributed by atoms with Crippen LogP contribution in [0, 0.1) is 0 Å². The summed E-state index contributed by atoms with van der Waals surface area (Å²) in [6.07, 6.45) is 3.85. The van der Waals surface area contributed by atoms with Gasteiger partial charge in [-0.25, -0.2) is 9.97 Å². The highest BCUT2D eigenvalue weighted by Crippen LogP contribution is 2.36. The molecular formula is C16H21N3O2. The van der Waals surface area contributed by atoms with Crippen molar-refractivity contribution >= 4 is 10.9 Å². The van der Waals surface area contributed by atoms with Gasteiger partial charge in [0.2, 0.25) is 0 Å². The minimum Gasteiger partial charge on any atom is -0.493 e. The van der Waals surface area contributed by atoms with E-state index in [1.54, 1.807) is 20.5 Å². The van der Waals surface area contributed by atoms with E-state index in [4.69, 9.17) is 9.47 Å². The standard InChI is InChI=1S/C16H21N3O2/c1-10-6-11(4-5-17-10)16-12-7-14(20-2)15(21-3)8-13(12)18-9-19-16/h7-11,17H,4-6H2,1-3H3. The van der Waals surface area contributed by atoms with E-state index < -0.39 is 0 Å². The van der Waals surface area contributed by atoms with E-state index in [2.05, 4.69) is 22.2 Å². The number of methoxy groups -OCH3 is 2. The number of nitrogens with zero attached hydrogens (tertiary/aromatic N) is 2. The Bertz CT molecular complexity index is 645. The van der Waals surface area contributed by atoms with E-state index in [-0.39, 0.29) is 0 Å². The van der Waals surface area contributed by atoms with Crippen molar-refractivity contribution in [2.75, 3.05) is 20.8 Å². The van der Waals surface area contributed by atoms with Crippen molar-refractivity contribution in [3.05, 3.63) is 24.2 Å². The maximum Gasteiger partial charge on any atom is 0.162 e. The molecule has 1 aromatic carbocycles. The molecule has 0 aliphatic carbocycles. The van der Waals surface area contributed by atoms with Crippen LogP contribution < -0.4 is 14.8 Å². The summed E-state index contributed by atoms with van der Waals surface area (Å²) in [5, 5.41) is 4.55. The molecule has 0 amide bonds. The summed E-state index contributed by atoms with van der Waals surface area (Å²) in [5.41, 5.74) is 2.03. The zero-order valence-corrected chi connectivity index (χ0v) is 12.7. The Morgan fingerprint density at radius 3 is 2.62 bits per heavy atom. The molecule has 1 aromatic heterocycles. The Balaban J connectivity index is 2.10. The number of ether oxygens (including phenoxy) is 2. The first-order chi connectivity index (χ1) is 10.2. The van der Waals surface area contributed by atoms with Gasteiger partial charge >= 0.3 is 0 Å². The lowest BCUT2D eigenvalue weighted by Crippen LogP contribution is -2.35. The van der Waals surface area contributed by atoms with Crippen LogP contribution in [0.2, 0.25) is 0 Å². The Kier molecular flexibility index (Phi) is 3.92. The van der Waals surface area contributed by atoms with E-state index >= 15 is 0 Å². The van der Waals surface area contributed by atoms with Crippen molar-refractivity contribution < 1.29 is 9.47 Å². The van der Waals surface area contributed by atoms with Crippen molar-refractivity contribution in [2.24, 2.45) is 0 Å². The number of fused-ring (bicyclic) bond motifs is 1. The quantitative estimate of drug-likeness (QED) is 0.940. The van der Waals surface area contributed by atoms with Crippen molar-refractivity contribution in [1.29, 1.82) is 0 Å². The Labute approximate surface area is 124 Å². The molecule has 2 heterocycles. The van der Waals surface area contributed by atoms with E-state index in [1.165, 1.54) is 0 Å². The SMILES string of the molecule is COc1cc2ncnc(C3CCNC(C)C3)c2cc1OC. The lowest BCUT2D eigenvalue weighted by molar-refractivity contribution is 0.355. The number of hydrogen-bond acceptors (Lipinski definition) is 5. The van der Waals surface area contributed by atoms with E-state index in [0.717, 1.165) is 41.7 Å². The van der Waals surface area contributed by atoms with E-state index in [0.29, 0.717) is 17.7 Å². The number of piperidine rings is 1. The third-order valence-corrected chi connectivity index (χ3v) is 4.18. The second kappa shape index (κ2) is 5.85. The van der Waals surface area contributed by atoms with Crippen LogP contribution in [0.5, 0.6) is 11.5 Å². The third kappa shape index (κ3) is 2.65. The monoisotopic (exact) mass is 287 g/mol. The predicted molar refractivity (Wildman–Crippen MR) is 82.1 cm³/mol. The smallest absolute Gasteiger partial charge is 0.162 e. The normalized spacial score (nSPS) is 22.2. The van der Waals surface area contributed by atoms with Gasteiger partial charge in [0.1, 0.15) is 6.33 Å². The molecule has 1 aliphatic rings. The van der Waals surface area contributed by atoms with E-state index in [1.807, 2.05) is 12.1 Å². The molecule has 0 spiro atoms. The molecule has 0 saturated carbocycles. The highest BCUT2D eigenvalue weighted by Gasteiger charge is 2.23. The average Bonchev–Trinajstić information content (AvgIpc) is 2.52. The molecular weight excluding hydrogens is 266 g/mol. The first-order valence-electron chi connectivity index (χ1n) is 7.33. The van der Waals surface area contributed by atoms with Gasteiger partial charge in [0.15, 0.2) is 11.5 Å². The number of benzene rings is 1. The van der Waals surface area contributed by atoms with Crippen molar-refractivity contribution in [2.45, 2.75) is 31.7 Å². The summed E-state index contributed by atoms with van der Waals surface area (Å²) in [4.78, 5) is 8.94. The number of rotatable bonds is 3. The molecule has 3 rings (SSSR count). The Hall–Kier alpha value is -1.88. The van der Waals surface area contributed by atoms with Gasteiger partial charge in [0.25, 0.3) is 0 Å². The molecule has 21 heavy (non-hydrogen) atoms. The van der Waals surface area contributed by atoms with Crippen LogP contribution in [0.25, 0.3) is 10.9 Å². The Morgan fingerprint density at radius 2 is 1.90 bits per heavy atom. The fourth-order valence-corrected chi connectivity index (χ4v) is 3.11. The summed E-state index contributed by atoms with van der Waals surface area (Å²) >= 11 is 0. The minimum atomic E-state index is 0.463. The molecule has 2 aromatic rings. The maximum atomic E-state index is 5.41. The molecule has 1 aliphatic heterocycles. The number of hydrogen-bond donors (Lipinski definition) is 1. The number of nitrogens with one attached hydrogen (secondary N) is 1. The number of aromatic nitrogens is 2. The van der Waals surface area contributed by atoms with Gasteiger partial charge in [-0.15, -0.1) is 0 Å². The van der Waals surface area contributed by atoms with Crippen LogP contribution in [0.4, 0.5) is 0 Å². The highest BCUT2D eigenvalue weighted by atomic mass is 16.5. The van der Waals surface area contributed by atoms with Crippen molar-refractivity contribution in [3.63, 3.8) is 0 Å². The summed E-state index contributed by atoms with van der Waals surface area (Å²) in [6, 6.07) is 4.44. The highest BCUT2D eigenvalue weighted by molar-refractivity contribution is 5.85. The zero-order valence-electron chi connectivity index (χ0n) is 12.7. The summed E-state index contributed by atoms with van der Waals surface area (Å²) in [7, 11) is 3.29. The van der Waals surface area contributed by atoms with Crippen LogP contribution in [0.1, 0.15) is 31.4 Å². The van der Waals surface area contributed by atoms with Gasteiger partial charge in [-0.1, -0.05) is 0 Å². The lowest BCUT2D eigenvalue weighted by Gasteiger charge is -2.28. The maximum absolute atomic E-state index is 5.41. The fourth-order valence-electron chi connectivity index (χ4n) is 3.11. The predicted octanol–water partition coefficient (Wildman–Crippen LogP) is 2.50. The molecule has 0 bridgehead atoms. The summed E-state index contributed by atoms with van der Waals surface area (Å²) in [6.45, 7) is 3.25. The Morgan fingerprint density at radius 1 is 1.14 bits per heavy atom. The van der Waals surface area contributed by atoms with Gasteiger partial charge in [0, 0.05) is 23.4 Å². The largest absolute Gasteiger partial charge is 0.493 e. The molecule has 1 fully saturated rings. The van der Waals surface area contributed by atoms with Crippen LogP contribution >= 0.6 is 0 Å². The lowest BCUT2D eigenvalue weighted by atomic mass is 9.88. The summed E-state index contributed by atoms with van der Waals surface area (Å²) < 4.78 is 10.8. The fraction of sp³-hybridized carbons (Fsp3) is 0.500. The van der Waals surface area contributed by atoms with Gasteiger partial charge < -0.3 is 14.8 Å². The van der Waals surface area contributed by atoms with Crippen LogP contribution in [-0.2, 0) is 0 Å². The molecule has 2 unspecified atom stereocenters. The molecule has 5 heteroatoms. The van der Waals surface area contributed by atoms with Crippen molar-refractivity contribution in [1.82, 2.24) is 15.3 Å². The topological polar surface area (TPSA) is 56.3 Å². The molecule has 1 N–H and O–H groups in total. The second-order valence-corrected chi connectivity index (χ2v) is 5.56. The van der Waals surface area contributed by atoms with Crippen LogP contribution in [-0.4, -0.2) is 36.8 Å². The second-order valence-electron chi connectivity index (χ2n) is 5.56. The molecule has 5 nitrogen and oxygen atoms in total. The first-order valence-corrected chi connectivity index (χ1v) is 7.33. The third-order valence-electron chi connectivity index (χ3n) is 4.18. The van der Waals surface area contributed by atoms with Gasteiger partial charge in [-0.05, 0) is 32.4 Å². The average molecular weight is 287 g/mol. The zero-order chi connectivity index (χ0) is 14.8. The summed E-state index contributed by atoms with van der Waals surface area (Å²) in [5.74, 6) is 1.89.